The molecule has 0 aromatic rings. The number of hydrogen-bond donors (Lipinski definition) is 2. The van der Waals surface area contributed by atoms with E-state index in [2.05, 4.69) is 0 Å². The van der Waals surface area contributed by atoms with Crippen LogP contribution in [0.2, 0.25) is 0 Å². The normalized spacial score (nSPS) is 32.6. The molecule has 0 bridgehead atoms. The van der Waals surface area contributed by atoms with Crippen LogP contribution in [0.3, 0.4) is 0 Å². The Kier molecular flexibility index (Phi) is 3.11. The quantitative estimate of drug-likeness (QED) is 0.690. The summed E-state index contributed by atoms with van der Waals surface area (Å²) in [6.07, 6.45) is 0. The average molecular weight is 228 g/mol. The Bertz CT molecular complexity index is 292. The lowest BCUT2D eigenvalue weighted by molar-refractivity contribution is -0.178. The number of aliphatic carboxylic acids is 2. The van der Waals surface area contributed by atoms with Crippen LogP contribution in [0, 0.1) is 23.7 Å². The second-order valence-corrected chi connectivity index (χ2v) is 4.00. The van der Waals surface area contributed by atoms with E-state index < -0.39 is 47.2 Å². The van der Waals surface area contributed by atoms with E-state index >= 15 is 0 Å². The van der Waals surface area contributed by atoms with Gasteiger partial charge in [-0.05, 0) is 13.8 Å². The highest BCUT2D eigenvalue weighted by Crippen LogP contribution is 2.47. The van der Waals surface area contributed by atoms with E-state index in [1.54, 1.807) is 0 Å². The molecule has 1 fully saturated rings. The predicted octanol–water partition coefficient (Wildman–Crippen LogP) is -0.188. The Morgan fingerprint density at radius 2 is 0.938 bits per heavy atom. The van der Waals surface area contributed by atoms with Crippen molar-refractivity contribution in [3.05, 3.63) is 0 Å². The molecule has 6 nitrogen and oxygen atoms in total. The maximum Gasteiger partial charge on any atom is 0.308 e. The van der Waals surface area contributed by atoms with Crippen LogP contribution in [0.1, 0.15) is 13.8 Å². The van der Waals surface area contributed by atoms with Crippen molar-refractivity contribution in [2.45, 2.75) is 13.8 Å². The molecule has 0 radical (unpaired) electrons. The van der Waals surface area contributed by atoms with Crippen molar-refractivity contribution in [2.75, 3.05) is 0 Å². The average Bonchev–Trinajstić information content (AvgIpc) is 1.97. The number of carbonyl (C=O) groups is 4. The van der Waals surface area contributed by atoms with Crippen LogP contribution in [-0.4, -0.2) is 33.7 Å². The Morgan fingerprint density at radius 3 is 1.06 bits per heavy atom. The number of Topliss-reactive ketones (excluding diaryl/α,β-unsaturated/α-hetero) is 2. The monoisotopic (exact) mass is 228 g/mol. The van der Waals surface area contributed by atoms with Gasteiger partial charge >= 0.3 is 11.9 Å². The molecule has 0 amide bonds. The molecule has 0 aliphatic heterocycles. The fourth-order valence-electron chi connectivity index (χ4n) is 2.37. The number of rotatable bonds is 4. The Hall–Kier alpha value is -1.72. The van der Waals surface area contributed by atoms with E-state index in [0.29, 0.717) is 0 Å². The summed E-state index contributed by atoms with van der Waals surface area (Å²) in [4.78, 5) is 44.1. The van der Waals surface area contributed by atoms with Crippen molar-refractivity contribution in [1.29, 1.82) is 0 Å². The third kappa shape index (κ3) is 1.70. The molecule has 1 saturated carbocycles. The minimum Gasteiger partial charge on any atom is -0.481 e. The summed E-state index contributed by atoms with van der Waals surface area (Å²) < 4.78 is 0. The summed E-state index contributed by atoms with van der Waals surface area (Å²) in [5.74, 6) is -8.18. The van der Waals surface area contributed by atoms with E-state index in [1.165, 1.54) is 0 Å². The van der Waals surface area contributed by atoms with E-state index in [0.717, 1.165) is 13.8 Å². The first-order valence-corrected chi connectivity index (χ1v) is 4.75. The fourth-order valence-corrected chi connectivity index (χ4v) is 2.37. The summed E-state index contributed by atoms with van der Waals surface area (Å²) in [6.45, 7) is 2.29. The van der Waals surface area contributed by atoms with Crippen LogP contribution in [0.5, 0.6) is 0 Å². The SMILES string of the molecule is CC(=O)C1C(C(=O)O)C(C(C)=O)C1C(=O)O. The second-order valence-electron chi connectivity index (χ2n) is 4.00. The molecule has 0 spiro atoms. The molecule has 1 rings (SSSR count). The van der Waals surface area contributed by atoms with Crippen LogP contribution in [-0.2, 0) is 19.2 Å². The molecule has 6 heteroatoms. The van der Waals surface area contributed by atoms with Crippen LogP contribution in [0.15, 0.2) is 0 Å². The fraction of sp³-hybridized carbons (Fsp3) is 0.600. The Labute approximate surface area is 91.3 Å². The highest BCUT2D eigenvalue weighted by Gasteiger charge is 2.61. The third-order valence-electron chi connectivity index (χ3n) is 3.06. The maximum atomic E-state index is 11.2. The molecule has 2 N–H and O–H groups in total. The van der Waals surface area contributed by atoms with E-state index in [1.807, 2.05) is 0 Å². The molecule has 16 heavy (non-hydrogen) atoms. The Morgan fingerprint density at radius 1 is 0.688 bits per heavy atom. The molecule has 0 unspecified atom stereocenters. The zero-order valence-electron chi connectivity index (χ0n) is 8.84. The highest BCUT2D eigenvalue weighted by atomic mass is 16.4. The first-order valence-electron chi connectivity index (χ1n) is 4.75. The number of carboxylic acid groups (broad SMARTS) is 2. The van der Waals surface area contributed by atoms with Gasteiger partial charge in [0.05, 0.1) is 11.8 Å². The van der Waals surface area contributed by atoms with Gasteiger partial charge < -0.3 is 10.2 Å². The number of carbonyl (C=O) groups excluding carboxylic acids is 2. The summed E-state index contributed by atoms with van der Waals surface area (Å²) in [5.41, 5.74) is 0. The highest BCUT2D eigenvalue weighted by molar-refractivity contribution is 5.99. The van der Waals surface area contributed by atoms with Crippen molar-refractivity contribution in [3.8, 4) is 0 Å². The minimum atomic E-state index is -1.29. The summed E-state index contributed by atoms with van der Waals surface area (Å²) in [7, 11) is 0. The van der Waals surface area contributed by atoms with Gasteiger partial charge in [-0.3, -0.25) is 19.2 Å². The largest absolute Gasteiger partial charge is 0.481 e. The van der Waals surface area contributed by atoms with Crippen molar-refractivity contribution in [1.82, 2.24) is 0 Å². The van der Waals surface area contributed by atoms with E-state index in [-0.39, 0.29) is 0 Å². The van der Waals surface area contributed by atoms with E-state index in [9.17, 15) is 19.2 Å². The van der Waals surface area contributed by atoms with Gasteiger partial charge in [-0.1, -0.05) is 0 Å². The van der Waals surface area contributed by atoms with Crippen molar-refractivity contribution < 1.29 is 29.4 Å². The van der Waals surface area contributed by atoms with Crippen LogP contribution in [0.4, 0.5) is 0 Å². The molecule has 0 atom stereocenters. The molecule has 0 heterocycles. The first kappa shape index (κ1) is 12.4. The molecular formula is C10H12O6. The number of carboxylic acids is 2. The lowest BCUT2D eigenvalue weighted by atomic mass is 9.54. The molecule has 0 saturated heterocycles. The van der Waals surface area contributed by atoms with Crippen LogP contribution >= 0.6 is 0 Å². The van der Waals surface area contributed by atoms with Crippen LogP contribution < -0.4 is 0 Å². The first-order chi connectivity index (χ1) is 7.29. The number of hydrogen-bond acceptors (Lipinski definition) is 4. The lowest BCUT2D eigenvalue weighted by Gasteiger charge is -2.44. The number of ketones is 2. The van der Waals surface area contributed by atoms with Gasteiger partial charge in [0, 0.05) is 11.8 Å². The molecule has 1 aliphatic rings. The van der Waals surface area contributed by atoms with Gasteiger partial charge in [-0.2, -0.15) is 0 Å². The van der Waals surface area contributed by atoms with Crippen LogP contribution in [0.25, 0.3) is 0 Å². The standard InChI is InChI=1S/C10H12O6/c1-3(11)5-7(9(13)14)6(4(2)12)8(5)10(15)16/h5-8H,1-2H3,(H,13,14)(H,15,16). The van der Waals surface area contributed by atoms with Crippen molar-refractivity contribution >= 4 is 23.5 Å². The van der Waals surface area contributed by atoms with E-state index in [4.69, 9.17) is 10.2 Å². The lowest BCUT2D eigenvalue weighted by Crippen LogP contribution is -2.59. The van der Waals surface area contributed by atoms with Gasteiger partial charge in [0.25, 0.3) is 0 Å². The summed E-state index contributed by atoms with van der Waals surface area (Å²) >= 11 is 0. The Balaban J connectivity index is 3.08. The summed E-state index contributed by atoms with van der Waals surface area (Å²) in [5, 5.41) is 17.7. The van der Waals surface area contributed by atoms with Gasteiger partial charge in [-0.25, -0.2) is 0 Å². The zero-order chi connectivity index (χ0) is 12.6. The smallest absolute Gasteiger partial charge is 0.308 e. The maximum absolute atomic E-state index is 11.2. The third-order valence-corrected chi connectivity index (χ3v) is 3.06. The predicted molar refractivity (Wildman–Crippen MR) is 50.6 cm³/mol. The van der Waals surface area contributed by atoms with Gasteiger partial charge in [-0.15, -0.1) is 0 Å². The van der Waals surface area contributed by atoms with Crippen molar-refractivity contribution in [3.63, 3.8) is 0 Å². The molecule has 0 aromatic heterocycles. The second kappa shape index (κ2) is 4.03. The molecular weight excluding hydrogens is 216 g/mol. The van der Waals surface area contributed by atoms with Crippen molar-refractivity contribution in [2.24, 2.45) is 23.7 Å². The van der Waals surface area contributed by atoms with Gasteiger partial charge in [0.2, 0.25) is 0 Å². The molecule has 0 aromatic carbocycles. The topological polar surface area (TPSA) is 109 Å². The molecule has 1 aliphatic carbocycles. The molecule has 88 valence electrons. The zero-order valence-corrected chi connectivity index (χ0v) is 8.84. The summed E-state index contributed by atoms with van der Waals surface area (Å²) in [6, 6.07) is 0. The minimum absolute atomic E-state index is 0.502. The van der Waals surface area contributed by atoms with Gasteiger partial charge in [0.15, 0.2) is 0 Å². The van der Waals surface area contributed by atoms with Gasteiger partial charge in [0.1, 0.15) is 11.6 Å².